The lowest BCUT2D eigenvalue weighted by Gasteiger charge is -2.26. The summed E-state index contributed by atoms with van der Waals surface area (Å²) in [6.45, 7) is -2.39. The number of aliphatic hydroxyl groups is 10. The van der Waals surface area contributed by atoms with Crippen molar-refractivity contribution in [2.45, 2.75) is 157 Å². The standard InChI is InChI=1S/C47H80N6O23S4/c1-2-26(7-10-36(63)49-21-32(59)40(68)42(70)34(61)23-56)44(72)51-28(9-12-39(66)67)31(58)19-27(8-11-37(64)50-22-33(60)41(69)43(71)35(62)24-57)45(73)52-29(20-48-38(65)13-18-79-77-16-5-3-14-54)46(74)53-30(47(75)76)25-80-78-17-6-4-15-55/h14-15,26-30,32-35,40-43,56-57,59-62,68-71H,2-13,16-25H2,1H3,(H,48,65)(H,49,63)(H,50,64)(H,51,72)(H,52,73)(H,53,74)(H,66,67)(H,75,76)/t26-,27+,28-,29+,30-,32+,33+,34-,35-,40-,41-,42-,43-/m1/s1. The second-order valence-electron chi connectivity index (χ2n) is 18.1. The molecule has 18 N–H and O–H groups in total. The van der Waals surface area contributed by atoms with Crippen LogP contribution in [0.15, 0.2) is 0 Å². The highest BCUT2D eigenvalue weighted by Gasteiger charge is 2.35. The predicted molar refractivity (Wildman–Crippen MR) is 292 cm³/mol. The number of carboxylic acid groups (broad SMARTS) is 2. The van der Waals surface area contributed by atoms with Crippen molar-refractivity contribution in [2.75, 3.05) is 55.9 Å². The fourth-order valence-corrected chi connectivity index (χ4v) is 11.2. The normalized spacial score (nSPS) is 16.2. The number of carbonyl (C=O) groups excluding carboxylic acids is 9. The molecule has 29 nitrogen and oxygen atoms in total. The van der Waals surface area contributed by atoms with Gasteiger partial charge in [0.15, 0.2) is 5.78 Å². The molecule has 33 heteroatoms. The Bertz CT molecular complexity index is 1920. The Balaban J connectivity index is 6.80. The highest BCUT2D eigenvalue weighted by Crippen LogP contribution is 2.24. The first-order valence-corrected chi connectivity index (χ1v) is 30.6. The van der Waals surface area contributed by atoms with E-state index in [0.717, 1.165) is 23.4 Å². The van der Waals surface area contributed by atoms with Gasteiger partial charge in [0.1, 0.15) is 61.3 Å². The number of aliphatic hydroxyl groups excluding tert-OH is 10. The minimum atomic E-state index is -2.07. The van der Waals surface area contributed by atoms with E-state index in [9.17, 15) is 104 Å². The van der Waals surface area contributed by atoms with Crippen LogP contribution in [-0.4, -0.2) is 250 Å². The Morgan fingerprint density at radius 3 is 1.38 bits per heavy atom. The van der Waals surface area contributed by atoms with Crippen molar-refractivity contribution in [1.29, 1.82) is 0 Å². The Morgan fingerprint density at radius 1 is 0.475 bits per heavy atom. The minimum Gasteiger partial charge on any atom is -0.481 e. The van der Waals surface area contributed by atoms with Crippen LogP contribution in [0.25, 0.3) is 0 Å². The molecule has 13 atom stereocenters. The van der Waals surface area contributed by atoms with E-state index < -0.39 is 197 Å². The molecule has 460 valence electrons. The van der Waals surface area contributed by atoms with Gasteiger partial charge in [-0.15, -0.1) is 0 Å². The molecular formula is C47H80N6O23S4. The number of amides is 6. The van der Waals surface area contributed by atoms with E-state index in [-0.39, 0.29) is 43.6 Å². The number of aliphatic carboxylic acids is 2. The summed E-state index contributed by atoms with van der Waals surface area (Å²) in [5.41, 5.74) is 0. The molecule has 0 aromatic rings. The molecule has 0 radical (unpaired) electrons. The predicted octanol–water partition coefficient (Wildman–Crippen LogP) is -5.12. The molecule has 0 saturated carbocycles. The van der Waals surface area contributed by atoms with Crippen LogP contribution >= 0.6 is 43.2 Å². The number of rotatable bonds is 49. The van der Waals surface area contributed by atoms with Gasteiger partial charge in [-0.05, 0) is 38.5 Å². The third-order valence-corrected chi connectivity index (χ3v) is 16.8. The van der Waals surface area contributed by atoms with E-state index in [1.807, 2.05) is 0 Å². The monoisotopic (exact) mass is 1220 g/mol. The summed E-state index contributed by atoms with van der Waals surface area (Å²) < 4.78 is 0. The van der Waals surface area contributed by atoms with Gasteiger partial charge in [0, 0.05) is 99.4 Å². The fraction of sp³-hybridized carbons (Fsp3) is 0.766. The minimum absolute atomic E-state index is 0.0559. The molecule has 0 rings (SSSR count). The zero-order valence-corrected chi connectivity index (χ0v) is 47.5. The molecule has 0 aliphatic rings. The lowest BCUT2D eigenvalue weighted by Crippen LogP contribution is -2.57. The van der Waals surface area contributed by atoms with Gasteiger partial charge in [-0.2, -0.15) is 0 Å². The fourth-order valence-electron chi connectivity index (χ4n) is 6.82. The summed E-state index contributed by atoms with van der Waals surface area (Å²) in [5, 5.41) is 132. The van der Waals surface area contributed by atoms with E-state index in [1.165, 1.54) is 32.4 Å². The van der Waals surface area contributed by atoms with Crippen molar-refractivity contribution >= 4 is 109 Å². The van der Waals surface area contributed by atoms with E-state index in [4.69, 9.17) is 10.2 Å². The molecule has 0 fully saturated rings. The average molecular weight is 1230 g/mol. The van der Waals surface area contributed by atoms with Gasteiger partial charge < -0.3 is 103 Å². The molecule has 0 aliphatic heterocycles. The molecule has 0 heterocycles. The molecule has 6 amide bonds. The Kier molecular flexibility index (Phi) is 42.0. The third kappa shape index (κ3) is 33.0. The van der Waals surface area contributed by atoms with E-state index in [1.54, 1.807) is 6.92 Å². The second-order valence-corrected chi connectivity index (χ2v) is 23.5. The first-order chi connectivity index (χ1) is 37.9. The van der Waals surface area contributed by atoms with Crippen molar-refractivity contribution in [3.63, 3.8) is 0 Å². The van der Waals surface area contributed by atoms with Gasteiger partial charge in [0.2, 0.25) is 35.4 Å². The highest BCUT2D eigenvalue weighted by atomic mass is 33.1. The van der Waals surface area contributed by atoms with Gasteiger partial charge >= 0.3 is 11.9 Å². The van der Waals surface area contributed by atoms with Crippen molar-refractivity contribution in [3.8, 4) is 0 Å². The van der Waals surface area contributed by atoms with Crippen LogP contribution in [0.5, 0.6) is 0 Å². The van der Waals surface area contributed by atoms with Crippen LogP contribution in [0, 0.1) is 11.8 Å². The molecule has 0 unspecified atom stereocenters. The number of carboxylic acids is 2. The third-order valence-electron chi connectivity index (χ3n) is 11.8. The smallest absolute Gasteiger partial charge is 0.327 e. The van der Waals surface area contributed by atoms with Gasteiger partial charge in [0.05, 0.1) is 31.5 Å². The van der Waals surface area contributed by atoms with Crippen LogP contribution in [0.2, 0.25) is 0 Å². The van der Waals surface area contributed by atoms with Crippen molar-refractivity contribution in [3.05, 3.63) is 0 Å². The molecule has 80 heavy (non-hydrogen) atoms. The summed E-state index contributed by atoms with van der Waals surface area (Å²) in [4.78, 5) is 140. The van der Waals surface area contributed by atoms with Crippen molar-refractivity contribution in [1.82, 2.24) is 31.9 Å². The molecule has 0 aromatic heterocycles. The zero-order valence-electron chi connectivity index (χ0n) is 44.2. The second kappa shape index (κ2) is 44.4. The maximum Gasteiger partial charge on any atom is 0.327 e. The largest absolute Gasteiger partial charge is 0.481 e. The number of hydrogen-bond acceptors (Lipinski definition) is 25. The first kappa shape index (κ1) is 75.8. The number of ketones is 1. The molecular weight excluding hydrogens is 1140 g/mol. The number of hydrogen-bond donors (Lipinski definition) is 18. The molecule has 0 saturated heterocycles. The lowest BCUT2D eigenvalue weighted by molar-refractivity contribution is -0.142. The Morgan fingerprint density at radius 2 is 0.900 bits per heavy atom. The number of Topliss-reactive ketones (excluding diaryl/α,β-unsaturated/α-hetero) is 1. The first-order valence-electron chi connectivity index (χ1n) is 25.6. The zero-order chi connectivity index (χ0) is 60.7. The van der Waals surface area contributed by atoms with E-state index in [2.05, 4.69) is 31.9 Å². The van der Waals surface area contributed by atoms with Gasteiger partial charge in [0.25, 0.3) is 0 Å². The molecule has 0 aliphatic carbocycles. The average Bonchev–Trinajstić information content (AvgIpc) is 3.43. The summed E-state index contributed by atoms with van der Waals surface area (Å²) in [7, 11) is 5.05. The van der Waals surface area contributed by atoms with Crippen LogP contribution in [0.4, 0.5) is 0 Å². The number of unbranched alkanes of at least 4 members (excludes halogenated alkanes) is 2. The van der Waals surface area contributed by atoms with Crippen molar-refractivity contribution in [2.24, 2.45) is 11.8 Å². The number of aldehydes is 2. The number of nitrogens with one attached hydrogen (secondary N) is 6. The van der Waals surface area contributed by atoms with Crippen LogP contribution in [-0.2, 0) is 52.7 Å². The number of carbonyl (C=O) groups is 11. The maximum absolute atomic E-state index is 14.3. The SMILES string of the molecule is CC[C@H](CCC(=O)NC[C@H](O)[C@@H](O)[C@H](O)[C@H](O)CO)C(=O)N[C@H](CCC(=O)O)C(=O)C[C@H](CCC(=O)NC[C@H](O)[C@@H](O)[C@H](O)[C@H](O)CO)C(=O)N[C@@H](CNC(=O)CCSSCCCC=O)C(=O)N[C@H](CSSCCCC=O)C(=O)O. The molecule has 0 spiro atoms. The summed E-state index contributed by atoms with van der Waals surface area (Å²) in [5.74, 6) is -10.7. The topological polar surface area (TPSA) is 503 Å². The Hall–Kier alpha value is -4.23. The summed E-state index contributed by atoms with van der Waals surface area (Å²) >= 11 is 0. The van der Waals surface area contributed by atoms with E-state index >= 15 is 0 Å². The van der Waals surface area contributed by atoms with Crippen LogP contribution in [0.3, 0.4) is 0 Å². The van der Waals surface area contributed by atoms with Crippen molar-refractivity contribution < 1.29 is 114 Å². The summed E-state index contributed by atoms with van der Waals surface area (Å²) in [6.07, 6.45) is -16.1. The quantitative estimate of drug-likeness (QED) is 0.0154. The van der Waals surface area contributed by atoms with Gasteiger partial charge in [-0.3, -0.25) is 38.4 Å². The lowest BCUT2D eigenvalue weighted by atomic mass is 9.90. The van der Waals surface area contributed by atoms with Crippen LogP contribution < -0.4 is 31.9 Å². The van der Waals surface area contributed by atoms with Gasteiger partial charge in [-0.1, -0.05) is 50.1 Å². The molecule has 0 bridgehead atoms. The Labute approximate surface area is 477 Å². The molecule has 0 aromatic carbocycles. The van der Waals surface area contributed by atoms with E-state index in [0.29, 0.717) is 30.8 Å². The highest BCUT2D eigenvalue weighted by molar-refractivity contribution is 8.77. The summed E-state index contributed by atoms with van der Waals surface area (Å²) in [6, 6.07) is -4.95. The maximum atomic E-state index is 14.3. The van der Waals surface area contributed by atoms with Gasteiger partial charge in [-0.25, -0.2) is 4.79 Å². The van der Waals surface area contributed by atoms with Crippen LogP contribution in [0.1, 0.15) is 90.4 Å².